The lowest BCUT2D eigenvalue weighted by molar-refractivity contribution is -0.117. The molecule has 0 spiro atoms. The van der Waals surface area contributed by atoms with Gasteiger partial charge in [-0.15, -0.1) is 11.3 Å². The Kier molecular flexibility index (Phi) is 4.39. The molecule has 0 saturated heterocycles. The summed E-state index contributed by atoms with van der Waals surface area (Å²) in [7, 11) is 0. The number of nitrogens with zero attached hydrogens (tertiary/aromatic N) is 5. The average molecular weight is 426 g/mol. The molecule has 1 amide bonds. The zero-order valence-electron chi connectivity index (χ0n) is 16.4. The van der Waals surface area contributed by atoms with E-state index in [0.29, 0.717) is 27.5 Å². The minimum Gasteiger partial charge on any atom is -0.324 e. The fourth-order valence-corrected chi connectivity index (χ4v) is 4.55. The Morgan fingerprint density at radius 2 is 2.20 bits per heavy atom. The number of aromatic nitrogens is 5. The topological polar surface area (TPSA) is 94.2 Å². The lowest BCUT2D eigenvalue weighted by Gasteiger charge is -2.11. The number of rotatable bonds is 5. The van der Waals surface area contributed by atoms with Crippen molar-refractivity contribution in [3.8, 4) is 0 Å². The first-order valence-electron chi connectivity index (χ1n) is 9.74. The van der Waals surface area contributed by atoms with Crippen molar-refractivity contribution in [3.63, 3.8) is 0 Å². The van der Waals surface area contributed by atoms with Crippen LogP contribution >= 0.6 is 11.3 Å². The Bertz CT molecular complexity index is 1350. The van der Waals surface area contributed by atoms with Gasteiger partial charge in [0, 0.05) is 23.9 Å². The van der Waals surface area contributed by atoms with Crippen LogP contribution in [-0.4, -0.2) is 30.1 Å². The molecule has 1 aliphatic rings. The maximum absolute atomic E-state index is 13.5. The molecule has 154 valence electrons. The molecule has 1 saturated carbocycles. The van der Waals surface area contributed by atoms with Gasteiger partial charge in [-0.25, -0.2) is 14.6 Å². The second kappa shape index (κ2) is 6.98. The molecule has 5 rings (SSSR count). The van der Waals surface area contributed by atoms with Crippen molar-refractivity contribution >= 4 is 38.8 Å². The highest BCUT2D eigenvalue weighted by atomic mass is 32.1. The minimum atomic E-state index is -0.483. The predicted octanol–water partition coefficient (Wildman–Crippen LogP) is 3.28. The fraction of sp³-hybridized carbons (Fsp3) is 0.350. The average Bonchev–Trinajstić information content (AvgIpc) is 3.36. The first-order chi connectivity index (χ1) is 14.4. The van der Waals surface area contributed by atoms with Gasteiger partial charge in [-0.1, -0.05) is 13.8 Å². The minimum absolute atomic E-state index is 0.0642. The molecule has 0 atom stereocenters. The molecule has 1 fully saturated rings. The van der Waals surface area contributed by atoms with Gasteiger partial charge in [0.2, 0.25) is 11.9 Å². The Morgan fingerprint density at radius 1 is 1.40 bits per heavy atom. The number of hydrogen-bond donors (Lipinski definition) is 1. The zero-order chi connectivity index (χ0) is 21.0. The van der Waals surface area contributed by atoms with Gasteiger partial charge in [0.1, 0.15) is 22.4 Å². The van der Waals surface area contributed by atoms with Crippen LogP contribution in [0.1, 0.15) is 49.2 Å². The lowest BCUT2D eigenvalue weighted by atomic mass is 10.1. The van der Waals surface area contributed by atoms with Crippen LogP contribution in [0.5, 0.6) is 0 Å². The number of amides is 1. The lowest BCUT2D eigenvalue weighted by Crippen LogP contribution is -2.30. The molecule has 1 N–H and O–H groups in total. The molecule has 4 aromatic heterocycles. The van der Waals surface area contributed by atoms with Crippen LogP contribution in [0.15, 0.2) is 29.3 Å². The van der Waals surface area contributed by atoms with Gasteiger partial charge in [0.05, 0.1) is 16.9 Å². The van der Waals surface area contributed by atoms with E-state index in [2.05, 4.69) is 20.4 Å². The summed E-state index contributed by atoms with van der Waals surface area (Å²) in [5.74, 6) is -0.375. The van der Waals surface area contributed by atoms with Gasteiger partial charge in [0.15, 0.2) is 0 Å². The second-order valence-electron chi connectivity index (χ2n) is 7.78. The standard InChI is InChI=1S/C20H19FN6O2S/c1-10(2)16-17-18(30-19(24-17)11-3-4-11)20(29)27(25-16)9-15(28)23-12-5-6-26-13(21)8-22-14(26)7-12/h5-8,10-11H,3-4,9H2,1-2H3,(H,23,28). The molecule has 0 unspecified atom stereocenters. The molecular formula is C20H19FN6O2S. The Hall–Kier alpha value is -3.14. The van der Waals surface area contributed by atoms with Crippen molar-refractivity contribution in [2.24, 2.45) is 0 Å². The number of anilines is 1. The number of halogens is 1. The fourth-order valence-electron chi connectivity index (χ4n) is 3.36. The normalized spacial score (nSPS) is 14.1. The maximum atomic E-state index is 13.5. The van der Waals surface area contributed by atoms with Gasteiger partial charge >= 0.3 is 0 Å². The smallest absolute Gasteiger partial charge is 0.286 e. The van der Waals surface area contributed by atoms with Gasteiger partial charge < -0.3 is 5.32 Å². The molecule has 1 aliphatic carbocycles. The largest absolute Gasteiger partial charge is 0.324 e. The maximum Gasteiger partial charge on any atom is 0.286 e. The summed E-state index contributed by atoms with van der Waals surface area (Å²) in [6.07, 6.45) is 4.80. The van der Waals surface area contributed by atoms with E-state index in [9.17, 15) is 14.0 Å². The first-order valence-corrected chi connectivity index (χ1v) is 10.6. The molecule has 4 heterocycles. The number of imidazole rings is 1. The Labute approximate surface area is 174 Å². The van der Waals surface area contributed by atoms with Crippen LogP contribution in [0.2, 0.25) is 0 Å². The summed E-state index contributed by atoms with van der Waals surface area (Å²) in [5, 5.41) is 8.15. The summed E-state index contributed by atoms with van der Waals surface area (Å²) in [4.78, 5) is 34.2. The molecule has 0 radical (unpaired) electrons. The van der Waals surface area contributed by atoms with Crippen LogP contribution in [0.4, 0.5) is 10.1 Å². The van der Waals surface area contributed by atoms with Crippen molar-refractivity contribution < 1.29 is 9.18 Å². The third kappa shape index (κ3) is 3.26. The summed E-state index contributed by atoms with van der Waals surface area (Å²) in [6.45, 7) is 3.76. The third-order valence-electron chi connectivity index (χ3n) is 5.06. The van der Waals surface area contributed by atoms with Crippen LogP contribution in [0.25, 0.3) is 15.9 Å². The summed E-state index contributed by atoms with van der Waals surface area (Å²) < 4.78 is 16.5. The first kappa shape index (κ1) is 18.9. The molecule has 0 bridgehead atoms. The number of carbonyl (C=O) groups is 1. The highest BCUT2D eigenvalue weighted by Gasteiger charge is 2.29. The van der Waals surface area contributed by atoms with E-state index < -0.39 is 11.9 Å². The van der Waals surface area contributed by atoms with Crippen molar-refractivity contribution in [2.75, 3.05) is 5.32 Å². The van der Waals surface area contributed by atoms with E-state index in [1.54, 1.807) is 12.1 Å². The number of nitrogens with one attached hydrogen (secondary N) is 1. The van der Waals surface area contributed by atoms with Crippen molar-refractivity contribution in [1.82, 2.24) is 24.1 Å². The highest BCUT2D eigenvalue weighted by Crippen LogP contribution is 2.43. The van der Waals surface area contributed by atoms with E-state index in [1.807, 2.05) is 13.8 Å². The number of thiazole rings is 1. The molecule has 4 aromatic rings. The quantitative estimate of drug-likeness (QED) is 0.529. The second-order valence-corrected chi connectivity index (χ2v) is 8.81. The molecular weight excluding hydrogens is 407 g/mol. The number of fused-ring (bicyclic) bond motifs is 2. The number of carbonyl (C=O) groups excluding carboxylic acids is 1. The molecule has 0 aliphatic heterocycles. The molecule has 0 aromatic carbocycles. The van der Waals surface area contributed by atoms with Crippen molar-refractivity contribution in [2.45, 2.75) is 45.1 Å². The van der Waals surface area contributed by atoms with Crippen LogP contribution < -0.4 is 10.9 Å². The van der Waals surface area contributed by atoms with Gasteiger partial charge in [-0.05, 0) is 24.8 Å². The van der Waals surface area contributed by atoms with Crippen LogP contribution in [0.3, 0.4) is 0 Å². The zero-order valence-corrected chi connectivity index (χ0v) is 17.2. The number of pyridine rings is 1. The summed E-state index contributed by atoms with van der Waals surface area (Å²) in [5.41, 5.74) is 1.91. The van der Waals surface area contributed by atoms with E-state index >= 15 is 0 Å². The Balaban J connectivity index is 1.45. The van der Waals surface area contributed by atoms with E-state index in [1.165, 1.54) is 26.6 Å². The third-order valence-corrected chi connectivity index (χ3v) is 6.27. The van der Waals surface area contributed by atoms with E-state index in [0.717, 1.165) is 29.7 Å². The number of hydrogen-bond acceptors (Lipinski definition) is 6. The van der Waals surface area contributed by atoms with Crippen molar-refractivity contribution in [3.05, 3.63) is 51.5 Å². The highest BCUT2D eigenvalue weighted by molar-refractivity contribution is 7.18. The SMILES string of the molecule is CC(C)c1nn(CC(=O)Nc2ccn3c(F)cnc3c2)c(=O)c2sc(C3CC3)nc12. The van der Waals surface area contributed by atoms with Crippen LogP contribution in [-0.2, 0) is 11.3 Å². The van der Waals surface area contributed by atoms with E-state index in [-0.39, 0.29) is 18.0 Å². The molecule has 8 nitrogen and oxygen atoms in total. The van der Waals surface area contributed by atoms with Gasteiger partial charge in [-0.2, -0.15) is 9.49 Å². The Morgan fingerprint density at radius 3 is 2.93 bits per heavy atom. The van der Waals surface area contributed by atoms with Crippen LogP contribution in [0, 0.1) is 5.95 Å². The van der Waals surface area contributed by atoms with Gasteiger partial charge in [-0.3, -0.25) is 14.0 Å². The predicted molar refractivity (Wildman–Crippen MR) is 112 cm³/mol. The van der Waals surface area contributed by atoms with E-state index in [4.69, 9.17) is 0 Å². The molecule has 30 heavy (non-hydrogen) atoms. The molecule has 10 heteroatoms. The summed E-state index contributed by atoms with van der Waals surface area (Å²) >= 11 is 1.41. The van der Waals surface area contributed by atoms with Gasteiger partial charge in [0.25, 0.3) is 5.56 Å². The monoisotopic (exact) mass is 426 g/mol. The van der Waals surface area contributed by atoms with Crippen molar-refractivity contribution in [1.29, 1.82) is 0 Å². The summed E-state index contributed by atoms with van der Waals surface area (Å²) in [6, 6.07) is 3.13.